The molecule has 1 aromatic carbocycles. The van der Waals surface area contributed by atoms with Crippen molar-refractivity contribution < 1.29 is 4.39 Å². The van der Waals surface area contributed by atoms with Crippen LogP contribution in [-0.2, 0) is 5.75 Å². The highest BCUT2D eigenvalue weighted by atomic mass is 32.2. The Morgan fingerprint density at radius 1 is 1.28 bits per heavy atom. The summed E-state index contributed by atoms with van der Waals surface area (Å²) in [6.07, 6.45) is 1.71. The van der Waals surface area contributed by atoms with E-state index in [4.69, 9.17) is 12.2 Å². The van der Waals surface area contributed by atoms with Gasteiger partial charge in [-0.05, 0) is 36.5 Å². The van der Waals surface area contributed by atoms with Gasteiger partial charge in [-0.2, -0.15) is 0 Å². The molecule has 5 nitrogen and oxygen atoms in total. The maximum absolute atomic E-state index is 13.0. The lowest BCUT2D eigenvalue weighted by atomic mass is 10.3. The lowest BCUT2D eigenvalue weighted by Gasteiger charge is -2.00. The number of benzene rings is 1. The van der Waals surface area contributed by atoms with Gasteiger partial charge in [-0.25, -0.2) is 14.1 Å². The molecule has 126 valence electrons. The smallest absolute Gasteiger partial charge is 0.258 e. The van der Waals surface area contributed by atoms with E-state index in [2.05, 4.69) is 10.1 Å². The molecule has 10 heteroatoms. The van der Waals surface area contributed by atoms with Gasteiger partial charge in [0.25, 0.3) is 5.56 Å². The summed E-state index contributed by atoms with van der Waals surface area (Å²) in [6.45, 7) is 0. The second-order valence-electron chi connectivity index (χ2n) is 4.95. The van der Waals surface area contributed by atoms with E-state index in [1.54, 1.807) is 23.0 Å². The molecular formula is C15H9FN4OS4. The minimum atomic E-state index is -0.304. The second-order valence-corrected chi connectivity index (χ2v) is 8.67. The Morgan fingerprint density at radius 3 is 2.88 bits per heavy atom. The van der Waals surface area contributed by atoms with Crippen LogP contribution in [0.15, 0.2) is 51.0 Å². The predicted octanol–water partition coefficient (Wildman–Crippen LogP) is 4.16. The molecule has 0 bridgehead atoms. The molecule has 0 saturated heterocycles. The quantitative estimate of drug-likeness (QED) is 0.375. The third kappa shape index (κ3) is 3.43. The van der Waals surface area contributed by atoms with Crippen molar-refractivity contribution in [1.82, 2.24) is 19.2 Å². The van der Waals surface area contributed by atoms with Gasteiger partial charge in [-0.15, -0.1) is 16.4 Å². The van der Waals surface area contributed by atoms with E-state index in [1.807, 2.05) is 5.38 Å². The lowest BCUT2D eigenvalue weighted by Crippen LogP contribution is -2.12. The number of aromatic nitrogens is 4. The maximum atomic E-state index is 13.0. The molecule has 4 aromatic rings. The Bertz CT molecular complexity index is 1160. The molecule has 3 aromatic heterocycles. The molecule has 0 N–H and O–H groups in total. The number of hydrogen-bond acceptors (Lipinski definition) is 7. The second kappa shape index (κ2) is 6.79. The fraction of sp³-hybridized carbons (Fsp3) is 0.0667. The van der Waals surface area contributed by atoms with Crippen molar-refractivity contribution in [3.05, 3.63) is 67.7 Å². The van der Waals surface area contributed by atoms with Crippen molar-refractivity contribution in [2.45, 2.75) is 10.1 Å². The number of nitrogens with zero attached hydrogens (tertiary/aromatic N) is 4. The van der Waals surface area contributed by atoms with Gasteiger partial charge in [-0.1, -0.05) is 23.1 Å². The standard InChI is InChI=1S/C15H9FN4OS4/c16-9-1-3-11(4-2-9)20-15(22)25-14(18-20)24-8-10-7-12(21)19-5-6-23-13(19)17-10/h1-7H,8H2. The zero-order valence-corrected chi connectivity index (χ0v) is 15.7. The van der Waals surface area contributed by atoms with Crippen molar-refractivity contribution >= 4 is 51.6 Å². The average molecular weight is 409 g/mol. The number of halogens is 1. The van der Waals surface area contributed by atoms with E-state index in [-0.39, 0.29) is 11.4 Å². The molecule has 25 heavy (non-hydrogen) atoms. The summed E-state index contributed by atoms with van der Waals surface area (Å²) in [5.74, 6) is 0.219. The van der Waals surface area contributed by atoms with Gasteiger partial charge in [-0.3, -0.25) is 9.20 Å². The van der Waals surface area contributed by atoms with Gasteiger partial charge in [0.1, 0.15) is 5.82 Å². The van der Waals surface area contributed by atoms with E-state index >= 15 is 0 Å². The summed E-state index contributed by atoms with van der Waals surface area (Å²) in [5, 5.41) is 6.29. The highest BCUT2D eigenvalue weighted by Gasteiger charge is 2.09. The van der Waals surface area contributed by atoms with Gasteiger partial charge < -0.3 is 0 Å². The fourth-order valence-corrected chi connectivity index (χ4v) is 5.15. The Morgan fingerprint density at radius 2 is 2.08 bits per heavy atom. The molecule has 0 radical (unpaired) electrons. The molecule has 0 fully saturated rings. The fourth-order valence-electron chi connectivity index (χ4n) is 2.16. The summed E-state index contributed by atoms with van der Waals surface area (Å²) < 4.78 is 17.5. The molecule has 0 unspecified atom stereocenters. The summed E-state index contributed by atoms with van der Waals surface area (Å²) in [6, 6.07) is 7.54. The Hall–Kier alpha value is -1.88. The minimum absolute atomic E-state index is 0.0914. The van der Waals surface area contributed by atoms with Gasteiger partial charge >= 0.3 is 0 Å². The number of hydrogen-bond donors (Lipinski definition) is 0. The van der Waals surface area contributed by atoms with Crippen LogP contribution in [0.25, 0.3) is 10.6 Å². The summed E-state index contributed by atoms with van der Waals surface area (Å²) >= 11 is 9.59. The largest absolute Gasteiger partial charge is 0.269 e. The number of thiazole rings is 1. The van der Waals surface area contributed by atoms with E-state index in [0.717, 1.165) is 4.34 Å². The van der Waals surface area contributed by atoms with Crippen LogP contribution in [0.2, 0.25) is 0 Å². The van der Waals surface area contributed by atoms with Crippen LogP contribution in [0.3, 0.4) is 0 Å². The lowest BCUT2D eigenvalue weighted by molar-refractivity contribution is 0.627. The number of rotatable bonds is 4. The number of thioether (sulfide) groups is 1. The molecule has 0 aliphatic rings. The Kier molecular flexibility index (Phi) is 4.50. The summed E-state index contributed by atoms with van der Waals surface area (Å²) in [4.78, 5) is 17.1. The highest BCUT2D eigenvalue weighted by Crippen LogP contribution is 2.26. The summed E-state index contributed by atoms with van der Waals surface area (Å²) in [7, 11) is 0. The van der Waals surface area contributed by atoms with Crippen molar-refractivity contribution in [1.29, 1.82) is 0 Å². The van der Waals surface area contributed by atoms with Gasteiger partial charge in [0.05, 0.1) is 11.4 Å². The van der Waals surface area contributed by atoms with Crippen LogP contribution < -0.4 is 5.56 Å². The predicted molar refractivity (Wildman–Crippen MR) is 101 cm³/mol. The first-order chi connectivity index (χ1) is 12.1. The Balaban J connectivity index is 1.57. The van der Waals surface area contributed by atoms with Crippen LogP contribution in [0.1, 0.15) is 5.69 Å². The third-order valence-corrected chi connectivity index (χ3v) is 6.46. The molecule has 4 rings (SSSR count). The highest BCUT2D eigenvalue weighted by molar-refractivity contribution is 8.00. The topological polar surface area (TPSA) is 52.2 Å². The van der Waals surface area contributed by atoms with Gasteiger partial charge in [0, 0.05) is 23.4 Å². The first kappa shape index (κ1) is 16.6. The van der Waals surface area contributed by atoms with Crippen LogP contribution in [0.4, 0.5) is 4.39 Å². The van der Waals surface area contributed by atoms with Crippen LogP contribution >= 0.6 is 46.7 Å². The van der Waals surface area contributed by atoms with E-state index in [1.165, 1.54) is 57.0 Å². The molecule has 0 amide bonds. The SMILES string of the molecule is O=c1cc(CSc2nn(-c3ccc(F)cc3)c(=S)s2)nc2sccn12. The van der Waals surface area contributed by atoms with Crippen LogP contribution in [0.5, 0.6) is 0 Å². The normalized spacial score (nSPS) is 11.2. The van der Waals surface area contributed by atoms with Crippen molar-refractivity contribution in [3.8, 4) is 5.69 Å². The molecular weight excluding hydrogens is 399 g/mol. The van der Waals surface area contributed by atoms with Crippen LogP contribution in [-0.4, -0.2) is 19.2 Å². The first-order valence-electron chi connectivity index (χ1n) is 7.05. The molecule has 0 aliphatic heterocycles. The van der Waals surface area contributed by atoms with Gasteiger partial charge in [0.15, 0.2) is 13.3 Å². The minimum Gasteiger partial charge on any atom is -0.269 e. The monoisotopic (exact) mass is 408 g/mol. The van der Waals surface area contributed by atoms with Crippen LogP contribution in [0, 0.1) is 9.77 Å². The van der Waals surface area contributed by atoms with E-state index < -0.39 is 0 Å². The van der Waals surface area contributed by atoms with E-state index in [9.17, 15) is 9.18 Å². The first-order valence-corrected chi connectivity index (χ1v) is 10.1. The maximum Gasteiger partial charge on any atom is 0.258 e. The molecule has 0 spiro atoms. The average Bonchev–Trinajstić information content (AvgIpc) is 3.20. The summed E-state index contributed by atoms with van der Waals surface area (Å²) in [5.41, 5.74) is 1.32. The molecule has 3 heterocycles. The van der Waals surface area contributed by atoms with Gasteiger partial charge in [0.2, 0.25) is 0 Å². The molecule has 0 atom stereocenters. The molecule has 0 aliphatic carbocycles. The zero-order chi connectivity index (χ0) is 17.4. The Labute approximate surface area is 158 Å². The van der Waals surface area contributed by atoms with Crippen molar-refractivity contribution in [3.63, 3.8) is 0 Å². The third-order valence-electron chi connectivity index (χ3n) is 3.30. The number of fused-ring (bicyclic) bond motifs is 1. The zero-order valence-electron chi connectivity index (χ0n) is 12.5. The van der Waals surface area contributed by atoms with Crippen molar-refractivity contribution in [2.24, 2.45) is 0 Å². The van der Waals surface area contributed by atoms with E-state index in [0.29, 0.717) is 26.0 Å². The van der Waals surface area contributed by atoms with Crippen molar-refractivity contribution in [2.75, 3.05) is 0 Å². The molecule has 0 saturated carbocycles.